The van der Waals surface area contributed by atoms with E-state index in [4.69, 9.17) is 4.42 Å². The van der Waals surface area contributed by atoms with Crippen molar-refractivity contribution < 1.29 is 4.42 Å². The molecule has 3 aromatic rings. The van der Waals surface area contributed by atoms with Crippen LogP contribution >= 0.6 is 0 Å². The molecule has 0 atom stereocenters. The molecule has 3 rings (SSSR count). The van der Waals surface area contributed by atoms with E-state index in [2.05, 4.69) is 39.7 Å². The van der Waals surface area contributed by atoms with Crippen molar-refractivity contribution in [3.8, 4) is 5.82 Å². The zero-order valence-electron chi connectivity index (χ0n) is 13.6. The Morgan fingerprint density at radius 2 is 2.04 bits per heavy atom. The molecule has 0 saturated carbocycles. The lowest BCUT2D eigenvalue weighted by Crippen LogP contribution is -2.25. The van der Waals surface area contributed by atoms with Gasteiger partial charge in [-0.15, -0.1) is 0 Å². The SMILES string of the molecule is CCCCN(Cc1ccco1)Cc1cccn1-c1ccccn1. The first-order valence-electron chi connectivity index (χ1n) is 8.19. The van der Waals surface area contributed by atoms with Crippen LogP contribution in [-0.4, -0.2) is 21.0 Å². The van der Waals surface area contributed by atoms with E-state index in [1.54, 1.807) is 6.26 Å². The predicted octanol–water partition coefficient (Wildman–Crippen LogP) is 4.27. The van der Waals surface area contributed by atoms with Crippen molar-refractivity contribution in [1.29, 1.82) is 0 Å². The summed E-state index contributed by atoms with van der Waals surface area (Å²) in [5.41, 5.74) is 1.24. The molecule has 0 aliphatic heterocycles. The molecular formula is C19H23N3O. The molecule has 3 aromatic heterocycles. The number of unbranched alkanes of at least 4 members (excludes halogenated alkanes) is 1. The molecule has 4 heteroatoms. The molecule has 23 heavy (non-hydrogen) atoms. The van der Waals surface area contributed by atoms with E-state index in [0.717, 1.165) is 31.2 Å². The van der Waals surface area contributed by atoms with Crippen molar-refractivity contribution in [2.24, 2.45) is 0 Å². The third-order valence-electron chi connectivity index (χ3n) is 3.90. The van der Waals surface area contributed by atoms with Crippen molar-refractivity contribution in [2.45, 2.75) is 32.9 Å². The Labute approximate surface area is 137 Å². The maximum atomic E-state index is 5.52. The summed E-state index contributed by atoms with van der Waals surface area (Å²) in [5, 5.41) is 0. The van der Waals surface area contributed by atoms with Crippen LogP contribution in [0.5, 0.6) is 0 Å². The van der Waals surface area contributed by atoms with Gasteiger partial charge in [0.2, 0.25) is 0 Å². The summed E-state index contributed by atoms with van der Waals surface area (Å²) in [5.74, 6) is 1.97. The second-order valence-electron chi connectivity index (χ2n) is 5.70. The van der Waals surface area contributed by atoms with Gasteiger partial charge in [-0.1, -0.05) is 19.4 Å². The van der Waals surface area contributed by atoms with Gasteiger partial charge in [-0.05, 0) is 49.4 Å². The molecule has 4 nitrogen and oxygen atoms in total. The molecule has 0 radical (unpaired) electrons. The normalized spacial score (nSPS) is 11.2. The van der Waals surface area contributed by atoms with Crippen LogP contribution in [0.15, 0.2) is 65.5 Å². The molecule has 0 aromatic carbocycles. The van der Waals surface area contributed by atoms with Gasteiger partial charge in [0.15, 0.2) is 0 Å². The van der Waals surface area contributed by atoms with E-state index in [0.29, 0.717) is 0 Å². The highest BCUT2D eigenvalue weighted by Crippen LogP contribution is 2.15. The van der Waals surface area contributed by atoms with Crippen molar-refractivity contribution >= 4 is 0 Å². The molecule has 0 aliphatic carbocycles. The van der Waals surface area contributed by atoms with Gasteiger partial charge in [0, 0.05) is 24.6 Å². The summed E-state index contributed by atoms with van der Waals surface area (Å²) < 4.78 is 7.67. The summed E-state index contributed by atoms with van der Waals surface area (Å²) in [4.78, 5) is 6.88. The molecule has 0 aliphatic rings. The third-order valence-corrected chi connectivity index (χ3v) is 3.90. The van der Waals surface area contributed by atoms with E-state index < -0.39 is 0 Å². The molecule has 0 fully saturated rings. The Hall–Kier alpha value is -2.33. The fourth-order valence-corrected chi connectivity index (χ4v) is 2.71. The number of nitrogens with zero attached hydrogens (tertiary/aromatic N) is 3. The largest absolute Gasteiger partial charge is 0.468 e. The van der Waals surface area contributed by atoms with Gasteiger partial charge in [0.1, 0.15) is 11.6 Å². The number of aromatic nitrogens is 2. The Kier molecular flexibility index (Phi) is 5.27. The van der Waals surface area contributed by atoms with Gasteiger partial charge in [-0.2, -0.15) is 0 Å². The Balaban J connectivity index is 1.76. The molecule has 0 spiro atoms. The van der Waals surface area contributed by atoms with Crippen LogP contribution in [0.25, 0.3) is 5.82 Å². The number of hydrogen-bond donors (Lipinski definition) is 0. The highest BCUT2D eigenvalue weighted by atomic mass is 16.3. The van der Waals surface area contributed by atoms with Gasteiger partial charge in [-0.25, -0.2) is 4.98 Å². The highest BCUT2D eigenvalue weighted by Gasteiger charge is 2.12. The zero-order valence-corrected chi connectivity index (χ0v) is 13.6. The topological polar surface area (TPSA) is 34.2 Å². The number of furan rings is 1. The molecule has 0 amide bonds. The van der Waals surface area contributed by atoms with Crippen molar-refractivity contribution in [3.05, 3.63) is 72.6 Å². The van der Waals surface area contributed by atoms with Gasteiger partial charge in [-0.3, -0.25) is 4.90 Å². The van der Waals surface area contributed by atoms with E-state index in [9.17, 15) is 0 Å². The van der Waals surface area contributed by atoms with E-state index in [-0.39, 0.29) is 0 Å². The Morgan fingerprint density at radius 1 is 1.09 bits per heavy atom. The summed E-state index contributed by atoms with van der Waals surface area (Å²) in [6.45, 7) is 5.00. The van der Waals surface area contributed by atoms with Gasteiger partial charge < -0.3 is 8.98 Å². The maximum absolute atomic E-state index is 5.52. The van der Waals surface area contributed by atoms with Gasteiger partial charge in [0.25, 0.3) is 0 Å². The molecule has 120 valence electrons. The monoisotopic (exact) mass is 309 g/mol. The lowest BCUT2D eigenvalue weighted by atomic mass is 10.2. The maximum Gasteiger partial charge on any atom is 0.136 e. The smallest absolute Gasteiger partial charge is 0.136 e. The Morgan fingerprint density at radius 3 is 2.78 bits per heavy atom. The first-order valence-corrected chi connectivity index (χ1v) is 8.19. The van der Waals surface area contributed by atoms with Crippen LogP contribution in [0.3, 0.4) is 0 Å². The Bertz CT molecular complexity index is 689. The number of pyridine rings is 1. The molecule has 0 saturated heterocycles. The van der Waals surface area contributed by atoms with Crippen LogP contribution in [0.2, 0.25) is 0 Å². The number of hydrogen-bond acceptors (Lipinski definition) is 3. The highest BCUT2D eigenvalue weighted by molar-refractivity contribution is 5.27. The van der Waals surface area contributed by atoms with Crippen molar-refractivity contribution in [2.75, 3.05) is 6.54 Å². The first-order chi connectivity index (χ1) is 11.4. The minimum absolute atomic E-state index is 0.834. The van der Waals surface area contributed by atoms with Gasteiger partial charge in [0.05, 0.1) is 12.8 Å². The van der Waals surface area contributed by atoms with E-state index in [1.807, 2.05) is 36.5 Å². The second kappa shape index (κ2) is 7.79. The zero-order chi connectivity index (χ0) is 15.9. The fraction of sp³-hybridized carbons (Fsp3) is 0.316. The fourth-order valence-electron chi connectivity index (χ4n) is 2.71. The van der Waals surface area contributed by atoms with Gasteiger partial charge >= 0.3 is 0 Å². The third kappa shape index (κ3) is 4.11. The lowest BCUT2D eigenvalue weighted by molar-refractivity contribution is 0.228. The molecular weight excluding hydrogens is 286 g/mol. The molecule has 0 N–H and O–H groups in total. The van der Waals surface area contributed by atoms with Crippen LogP contribution in [0.1, 0.15) is 31.2 Å². The van der Waals surface area contributed by atoms with Crippen LogP contribution in [0, 0.1) is 0 Å². The molecule has 0 unspecified atom stereocenters. The predicted molar refractivity (Wildman–Crippen MR) is 91.3 cm³/mol. The van der Waals surface area contributed by atoms with E-state index in [1.165, 1.54) is 18.5 Å². The standard InChI is InChI=1S/C19H23N3O/c1-2-3-12-21(16-18-9-7-14-23-18)15-17-8-6-13-22(17)19-10-4-5-11-20-19/h4-11,13-14H,2-3,12,15-16H2,1H3. The quantitative estimate of drug-likeness (QED) is 0.623. The van der Waals surface area contributed by atoms with E-state index >= 15 is 0 Å². The minimum Gasteiger partial charge on any atom is -0.468 e. The average Bonchev–Trinajstić information content (AvgIpc) is 3.25. The van der Waals surface area contributed by atoms with Crippen molar-refractivity contribution in [3.63, 3.8) is 0 Å². The summed E-state index contributed by atoms with van der Waals surface area (Å²) in [6.07, 6.45) is 8.02. The first kappa shape index (κ1) is 15.6. The minimum atomic E-state index is 0.834. The van der Waals surface area contributed by atoms with Crippen LogP contribution in [-0.2, 0) is 13.1 Å². The summed E-state index contributed by atoms with van der Waals surface area (Å²) in [6, 6.07) is 14.2. The summed E-state index contributed by atoms with van der Waals surface area (Å²) in [7, 11) is 0. The molecule has 3 heterocycles. The number of rotatable bonds is 8. The lowest BCUT2D eigenvalue weighted by Gasteiger charge is -2.22. The van der Waals surface area contributed by atoms with Crippen LogP contribution < -0.4 is 0 Å². The second-order valence-corrected chi connectivity index (χ2v) is 5.70. The van der Waals surface area contributed by atoms with Crippen molar-refractivity contribution in [1.82, 2.24) is 14.5 Å². The van der Waals surface area contributed by atoms with Crippen LogP contribution in [0.4, 0.5) is 0 Å². The summed E-state index contributed by atoms with van der Waals surface area (Å²) >= 11 is 0. The average molecular weight is 309 g/mol. The molecule has 0 bridgehead atoms.